The summed E-state index contributed by atoms with van der Waals surface area (Å²) < 4.78 is 20.4. The van der Waals surface area contributed by atoms with Gasteiger partial charge in [0.25, 0.3) is 5.91 Å². The van der Waals surface area contributed by atoms with Crippen LogP contribution in [0.4, 0.5) is 19.2 Å². The zero-order valence-corrected chi connectivity index (χ0v) is 31.5. The normalized spacial score (nSPS) is 12.3. The molecule has 0 unspecified atom stereocenters. The quantitative estimate of drug-likeness (QED) is 0.113. The van der Waals surface area contributed by atoms with E-state index in [0.717, 1.165) is 0 Å². The fourth-order valence-electron chi connectivity index (χ4n) is 3.74. The second-order valence-corrected chi connectivity index (χ2v) is 14.4. The zero-order chi connectivity index (χ0) is 40.4. The average Bonchev–Trinajstić information content (AvgIpc) is 3.02. The summed E-state index contributed by atoms with van der Waals surface area (Å²) in [6.45, 7) is 14.3. The van der Waals surface area contributed by atoms with Crippen molar-refractivity contribution in [2.45, 2.75) is 123 Å². The van der Waals surface area contributed by atoms with Gasteiger partial charge in [-0.3, -0.25) is 35.5 Å². The third kappa shape index (κ3) is 22.6. The minimum Gasteiger partial charge on any atom is -0.445 e. The van der Waals surface area contributed by atoms with Gasteiger partial charge in [-0.25, -0.2) is 35.5 Å². The van der Waals surface area contributed by atoms with Crippen LogP contribution < -0.4 is 43.2 Å². The van der Waals surface area contributed by atoms with E-state index in [1.807, 2.05) is 5.43 Å². The molecule has 1 rings (SSSR count). The van der Waals surface area contributed by atoms with Gasteiger partial charge in [0, 0.05) is 12.8 Å². The van der Waals surface area contributed by atoms with Gasteiger partial charge in [0.15, 0.2) is 0 Å². The maximum Gasteiger partial charge on any atom is 0.426 e. The Morgan fingerprint density at radius 3 is 1.32 bits per heavy atom. The van der Waals surface area contributed by atoms with Gasteiger partial charge in [-0.1, -0.05) is 30.3 Å². The summed E-state index contributed by atoms with van der Waals surface area (Å²) in [6.07, 6.45) is -5.59. The minimum atomic E-state index is -1.53. The highest BCUT2D eigenvalue weighted by Crippen LogP contribution is 2.09. The van der Waals surface area contributed by atoms with Gasteiger partial charge in [-0.15, -0.1) is 0 Å². The number of carbonyl (C=O) groups is 8. The van der Waals surface area contributed by atoms with Crippen LogP contribution in [0.2, 0.25) is 0 Å². The fourth-order valence-corrected chi connectivity index (χ4v) is 3.74. The van der Waals surface area contributed by atoms with Crippen molar-refractivity contribution in [3.8, 4) is 0 Å². The number of hydrogen-bond acceptors (Lipinski definition) is 12. The highest BCUT2D eigenvalue weighted by molar-refractivity contribution is 5.92. The summed E-state index contributed by atoms with van der Waals surface area (Å²) in [5, 5.41) is 4.74. The summed E-state index contributed by atoms with van der Waals surface area (Å²) in [7, 11) is 0. The molecule has 0 aliphatic carbocycles. The van der Waals surface area contributed by atoms with Gasteiger partial charge in [0.05, 0.1) is 0 Å². The lowest BCUT2D eigenvalue weighted by Gasteiger charge is -2.24. The number of nitrogens with one attached hydrogen (secondary N) is 8. The van der Waals surface area contributed by atoms with E-state index >= 15 is 0 Å². The molecule has 0 radical (unpaired) electrons. The molecule has 0 saturated carbocycles. The van der Waals surface area contributed by atoms with Crippen molar-refractivity contribution in [1.29, 1.82) is 0 Å². The first-order valence-electron chi connectivity index (χ1n) is 16.5. The van der Waals surface area contributed by atoms with E-state index in [1.54, 1.807) is 92.6 Å². The van der Waals surface area contributed by atoms with Crippen molar-refractivity contribution in [3.63, 3.8) is 0 Å². The SMILES string of the molecule is CC(C)(C)OC(=O)NNC(=O)CC[C@H](NC(=O)OCc1ccccc1)C(=O)N[C@@H](CCC(=O)NNC(=O)OC(C)(C)C)C(=O)NNC(=O)OC(C)(C)C. The van der Waals surface area contributed by atoms with Crippen molar-refractivity contribution in [3.05, 3.63) is 35.9 Å². The second-order valence-electron chi connectivity index (χ2n) is 14.4. The molecule has 53 heavy (non-hydrogen) atoms. The summed E-state index contributed by atoms with van der Waals surface area (Å²) in [4.78, 5) is 100. The number of alkyl carbamates (subject to hydrolysis) is 1. The predicted molar refractivity (Wildman–Crippen MR) is 186 cm³/mol. The van der Waals surface area contributed by atoms with Gasteiger partial charge in [-0.05, 0) is 80.7 Å². The summed E-state index contributed by atoms with van der Waals surface area (Å²) in [6, 6.07) is 5.60. The van der Waals surface area contributed by atoms with Crippen molar-refractivity contribution >= 4 is 48.0 Å². The molecular weight excluding hydrogens is 700 g/mol. The Hall–Kier alpha value is -5.82. The number of amides is 8. The van der Waals surface area contributed by atoms with E-state index in [-0.39, 0.29) is 19.4 Å². The number of rotatable bonds is 12. The Bertz CT molecular complexity index is 1440. The van der Waals surface area contributed by atoms with Crippen LogP contribution in [0, 0.1) is 0 Å². The molecule has 0 heterocycles. The van der Waals surface area contributed by atoms with Crippen molar-refractivity contribution in [2.24, 2.45) is 0 Å². The molecule has 1 aromatic carbocycles. The second kappa shape index (κ2) is 20.9. The van der Waals surface area contributed by atoms with Crippen LogP contribution in [-0.4, -0.2) is 76.9 Å². The Morgan fingerprint density at radius 1 is 0.509 bits per heavy atom. The number of carbonyl (C=O) groups excluding carboxylic acids is 8. The van der Waals surface area contributed by atoms with Crippen LogP contribution in [-0.2, 0) is 44.7 Å². The molecule has 8 N–H and O–H groups in total. The van der Waals surface area contributed by atoms with Crippen LogP contribution in [0.15, 0.2) is 30.3 Å². The number of hydrazine groups is 3. The maximum absolute atomic E-state index is 13.6. The molecule has 296 valence electrons. The molecule has 1 aromatic rings. The molecule has 20 nitrogen and oxygen atoms in total. The molecule has 20 heteroatoms. The van der Waals surface area contributed by atoms with Gasteiger partial charge in [0.1, 0.15) is 35.5 Å². The van der Waals surface area contributed by atoms with Gasteiger partial charge in [-0.2, -0.15) is 0 Å². The molecule has 8 amide bonds. The molecule has 0 aromatic heterocycles. The summed E-state index contributed by atoms with van der Waals surface area (Å²) >= 11 is 0. The first-order valence-corrected chi connectivity index (χ1v) is 16.5. The predicted octanol–water partition coefficient (Wildman–Crippen LogP) is 1.99. The standard InChI is InChI=1S/C33H52N8O12/c1-31(2,3)51-28(47)39-36-23(42)17-15-21(35-27(46)50-19-20-13-11-10-12-14-20)25(44)34-22(26(45)38-41-30(49)53-33(7,8)9)16-18-24(43)37-40-29(48)52-32(4,5)6/h10-14,21-22H,15-19H2,1-9H3,(H,34,44)(H,35,46)(H,36,42)(H,37,43)(H,38,45)(H,39,47)(H,40,48)(H,41,49)/t21-,22-/m0/s1. The van der Waals surface area contributed by atoms with Crippen LogP contribution in [0.25, 0.3) is 0 Å². The van der Waals surface area contributed by atoms with E-state index in [0.29, 0.717) is 5.56 Å². The Kier molecular flexibility index (Phi) is 17.8. The molecular formula is C33H52N8O12. The number of hydrogen-bond donors (Lipinski definition) is 8. The lowest BCUT2D eigenvalue weighted by Crippen LogP contribution is -2.57. The monoisotopic (exact) mass is 752 g/mol. The van der Waals surface area contributed by atoms with Crippen LogP contribution >= 0.6 is 0 Å². The first kappa shape index (κ1) is 45.2. The van der Waals surface area contributed by atoms with Crippen LogP contribution in [0.5, 0.6) is 0 Å². The maximum atomic E-state index is 13.6. The molecule has 0 saturated heterocycles. The molecule has 2 atom stereocenters. The van der Waals surface area contributed by atoms with E-state index < -0.39 is 89.7 Å². The molecule has 0 aliphatic rings. The van der Waals surface area contributed by atoms with Crippen molar-refractivity contribution < 1.29 is 57.3 Å². The minimum absolute atomic E-state index is 0.158. The third-order valence-electron chi connectivity index (χ3n) is 5.87. The van der Waals surface area contributed by atoms with E-state index in [4.69, 9.17) is 18.9 Å². The van der Waals surface area contributed by atoms with Gasteiger partial charge in [0.2, 0.25) is 17.7 Å². The van der Waals surface area contributed by atoms with Crippen molar-refractivity contribution in [1.82, 2.24) is 43.2 Å². The zero-order valence-electron chi connectivity index (χ0n) is 31.5. The van der Waals surface area contributed by atoms with E-state index in [2.05, 4.69) is 37.8 Å². The van der Waals surface area contributed by atoms with Crippen LogP contribution in [0.3, 0.4) is 0 Å². The van der Waals surface area contributed by atoms with E-state index in [9.17, 15) is 38.4 Å². The highest BCUT2D eigenvalue weighted by Gasteiger charge is 2.29. The lowest BCUT2D eigenvalue weighted by molar-refractivity contribution is -0.131. The van der Waals surface area contributed by atoms with Crippen LogP contribution in [0.1, 0.15) is 93.6 Å². The lowest BCUT2D eigenvalue weighted by atomic mass is 10.1. The van der Waals surface area contributed by atoms with Gasteiger partial charge >= 0.3 is 24.4 Å². The molecule has 0 spiro atoms. The topological polar surface area (TPSA) is 270 Å². The van der Waals surface area contributed by atoms with Crippen molar-refractivity contribution in [2.75, 3.05) is 0 Å². The average molecular weight is 753 g/mol. The molecule has 0 bridgehead atoms. The fraction of sp³-hybridized carbons (Fsp3) is 0.576. The Balaban J connectivity index is 3.11. The summed E-state index contributed by atoms with van der Waals surface area (Å²) in [5.41, 5.74) is 10.5. The number of benzene rings is 1. The molecule has 0 fully saturated rings. The highest BCUT2D eigenvalue weighted by atomic mass is 16.6. The first-order chi connectivity index (χ1) is 24.4. The Morgan fingerprint density at radius 2 is 0.906 bits per heavy atom. The largest absolute Gasteiger partial charge is 0.445 e. The number of ether oxygens (including phenoxy) is 4. The molecule has 0 aliphatic heterocycles. The summed E-state index contributed by atoms with van der Waals surface area (Å²) in [5.74, 6) is -3.53. The van der Waals surface area contributed by atoms with Gasteiger partial charge < -0.3 is 29.6 Å². The third-order valence-corrected chi connectivity index (χ3v) is 5.87. The van der Waals surface area contributed by atoms with E-state index in [1.165, 1.54) is 0 Å². The smallest absolute Gasteiger partial charge is 0.426 e. The Labute approximate surface area is 307 Å².